The van der Waals surface area contributed by atoms with Crippen molar-refractivity contribution in [1.82, 2.24) is 14.3 Å². The van der Waals surface area contributed by atoms with Crippen LogP contribution in [-0.4, -0.2) is 52.3 Å². The Morgan fingerprint density at radius 2 is 1.75 bits per heavy atom. The third-order valence-corrected chi connectivity index (χ3v) is 5.52. The standard InChI is InChI=1S/C24H27N5O3/c1-17(2)15-21(30)26-20-16-25-22-19(9-6-10-29(22)24(20)32)23(31)28-13-11-27(12-14-28)18-7-4-3-5-8-18/h3-10,16-17H,11-15H2,1-2H3,(H,26,30). The fourth-order valence-corrected chi connectivity index (χ4v) is 3.91. The molecule has 2 aromatic heterocycles. The topological polar surface area (TPSA) is 87.0 Å². The van der Waals surface area contributed by atoms with E-state index in [2.05, 4.69) is 27.3 Å². The van der Waals surface area contributed by atoms with E-state index in [4.69, 9.17) is 0 Å². The maximum Gasteiger partial charge on any atom is 0.281 e. The molecule has 0 radical (unpaired) electrons. The van der Waals surface area contributed by atoms with E-state index in [1.54, 1.807) is 23.2 Å². The van der Waals surface area contributed by atoms with Gasteiger partial charge in [0.1, 0.15) is 5.69 Å². The highest BCUT2D eigenvalue weighted by molar-refractivity contribution is 6.00. The van der Waals surface area contributed by atoms with Crippen molar-refractivity contribution in [3.05, 3.63) is 70.8 Å². The van der Waals surface area contributed by atoms with Crippen LogP contribution in [0.25, 0.3) is 5.65 Å². The molecule has 4 rings (SSSR count). The highest BCUT2D eigenvalue weighted by Crippen LogP contribution is 2.18. The Morgan fingerprint density at radius 1 is 1.03 bits per heavy atom. The molecule has 0 unspecified atom stereocenters. The molecule has 32 heavy (non-hydrogen) atoms. The van der Waals surface area contributed by atoms with E-state index >= 15 is 0 Å². The van der Waals surface area contributed by atoms with Crippen molar-refractivity contribution in [2.45, 2.75) is 20.3 Å². The maximum absolute atomic E-state index is 13.2. The number of fused-ring (bicyclic) bond motifs is 1. The highest BCUT2D eigenvalue weighted by Gasteiger charge is 2.24. The van der Waals surface area contributed by atoms with Gasteiger partial charge in [0.05, 0.1) is 11.8 Å². The Kier molecular flexibility index (Phi) is 6.20. The second-order valence-corrected chi connectivity index (χ2v) is 8.35. The van der Waals surface area contributed by atoms with Crippen molar-refractivity contribution < 1.29 is 9.59 Å². The lowest BCUT2D eigenvalue weighted by Crippen LogP contribution is -2.49. The molecule has 0 aliphatic carbocycles. The molecule has 1 aliphatic heterocycles. The zero-order valence-electron chi connectivity index (χ0n) is 18.3. The number of amides is 2. The van der Waals surface area contributed by atoms with Crippen LogP contribution in [0.1, 0.15) is 30.6 Å². The SMILES string of the molecule is CC(C)CC(=O)Nc1cnc2c(C(=O)N3CCN(c4ccccc4)CC3)cccn2c1=O. The molecular formula is C24H27N5O3. The van der Waals surface area contributed by atoms with Gasteiger partial charge < -0.3 is 15.1 Å². The normalized spacial score (nSPS) is 14.1. The molecule has 3 aromatic rings. The molecule has 8 heteroatoms. The molecule has 0 saturated carbocycles. The predicted molar refractivity (Wildman–Crippen MR) is 124 cm³/mol. The molecule has 1 N–H and O–H groups in total. The van der Waals surface area contributed by atoms with Crippen LogP contribution >= 0.6 is 0 Å². The van der Waals surface area contributed by atoms with E-state index in [0.29, 0.717) is 25.1 Å². The number of aromatic nitrogens is 2. The van der Waals surface area contributed by atoms with Gasteiger partial charge in [-0.1, -0.05) is 32.0 Å². The second-order valence-electron chi connectivity index (χ2n) is 8.35. The first-order valence-electron chi connectivity index (χ1n) is 10.8. The van der Waals surface area contributed by atoms with Gasteiger partial charge in [-0.25, -0.2) is 4.98 Å². The third kappa shape index (κ3) is 4.49. The lowest BCUT2D eigenvalue weighted by atomic mass is 10.1. The molecule has 0 spiro atoms. The number of carbonyl (C=O) groups is 2. The average molecular weight is 434 g/mol. The van der Waals surface area contributed by atoms with Crippen LogP contribution in [-0.2, 0) is 4.79 Å². The zero-order valence-corrected chi connectivity index (χ0v) is 18.3. The molecule has 1 aromatic carbocycles. The number of piperazine rings is 1. The number of carbonyl (C=O) groups excluding carboxylic acids is 2. The summed E-state index contributed by atoms with van der Waals surface area (Å²) in [5, 5.41) is 2.63. The summed E-state index contributed by atoms with van der Waals surface area (Å²) in [6, 6.07) is 13.5. The molecule has 0 atom stereocenters. The number of pyridine rings is 1. The number of hydrogen-bond donors (Lipinski definition) is 1. The van der Waals surface area contributed by atoms with Crippen LogP contribution in [0.15, 0.2) is 59.7 Å². The Hall–Kier alpha value is -3.68. The summed E-state index contributed by atoms with van der Waals surface area (Å²) in [4.78, 5) is 46.6. The molecule has 0 bridgehead atoms. The molecule has 8 nitrogen and oxygen atoms in total. The van der Waals surface area contributed by atoms with E-state index in [1.807, 2.05) is 32.0 Å². The minimum atomic E-state index is -0.407. The summed E-state index contributed by atoms with van der Waals surface area (Å²) in [6.45, 7) is 6.51. The number of nitrogens with zero attached hydrogens (tertiary/aromatic N) is 4. The molecular weight excluding hydrogens is 406 g/mol. The third-order valence-electron chi connectivity index (χ3n) is 5.52. The van der Waals surface area contributed by atoms with E-state index in [1.165, 1.54) is 10.6 Å². The van der Waals surface area contributed by atoms with Gasteiger partial charge in [-0.3, -0.25) is 18.8 Å². The first kappa shape index (κ1) is 21.5. The van der Waals surface area contributed by atoms with Crippen molar-refractivity contribution >= 4 is 28.8 Å². The number of benzene rings is 1. The van der Waals surface area contributed by atoms with Crippen LogP contribution in [0.4, 0.5) is 11.4 Å². The Bertz CT molecular complexity index is 1180. The lowest BCUT2D eigenvalue weighted by Gasteiger charge is -2.36. The lowest BCUT2D eigenvalue weighted by molar-refractivity contribution is -0.116. The van der Waals surface area contributed by atoms with Crippen molar-refractivity contribution in [2.24, 2.45) is 5.92 Å². The summed E-state index contributed by atoms with van der Waals surface area (Å²) in [5.41, 5.74) is 1.50. The van der Waals surface area contributed by atoms with E-state index in [9.17, 15) is 14.4 Å². The van der Waals surface area contributed by atoms with Gasteiger partial charge in [0.15, 0.2) is 5.65 Å². The van der Waals surface area contributed by atoms with Gasteiger partial charge in [0.25, 0.3) is 11.5 Å². The van der Waals surface area contributed by atoms with E-state index in [-0.39, 0.29) is 29.1 Å². The van der Waals surface area contributed by atoms with Crippen LogP contribution in [0.2, 0.25) is 0 Å². The summed E-state index contributed by atoms with van der Waals surface area (Å²) in [7, 11) is 0. The first-order chi connectivity index (χ1) is 15.4. The number of anilines is 2. The van der Waals surface area contributed by atoms with Gasteiger partial charge >= 0.3 is 0 Å². The van der Waals surface area contributed by atoms with Crippen molar-refractivity contribution in [3.8, 4) is 0 Å². The Morgan fingerprint density at radius 3 is 2.44 bits per heavy atom. The number of nitrogens with one attached hydrogen (secondary N) is 1. The molecule has 3 heterocycles. The first-order valence-corrected chi connectivity index (χ1v) is 10.8. The van der Waals surface area contributed by atoms with E-state index < -0.39 is 5.56 Å². The van der Waals surface area contributed by atoms with Gasteiger partial charge in [0, 0.05) is 44.5 Å². The van der Waals surface area contributed by atoms with Crippen molar-refractivity contribution in [3.63, 3.8) is 0 Å². The smallest absolute Gasteiger partial charge is 0.281 e. The van der Waals surface area contributed by atoms with Crippen molar-refractivity contribution in [1.29, 1.82) is 0 Å². The fourth-order valence-electron chi connectivity index (χ4n) is 3.91. The van der Waals surface area contributed by atoms with Gasteiger partial charge in [0.2, 0.25) is 5.91 Å². The van der Waals surface area contributed by atoms with Crippen LogP contribution in [0.5, 0.6) is 0 Å². The predicted octanol–water partition coefficient (Wildman–Crippen LogP) is 2.64. The summed E-state index contributed by atoms with van der Waals surface area (Å²) in [6.07, 6.45) is 3.21. The fraction of sp³-hybridized carbons (Fsp3) is 0.333. The summed E-state index contributed by atoms with van der Waals surface area (Å²) in [5.74, 6) is -0.209. The van der Waals surface area contributed by atoms with Crippen LogP contribution in [0.3, 0.4) is 0 Å². The monoisotopic (exact) mass is 433 g/mol. The van der Waals surface area contributed by atoms with Gasteiger partial charge in [-0.2, -0.15) is 0 Å². The maximum atomic E-state index is 13.2. The second kappa shape index (κ2) is 9.21. The van der Waals surface area contributed by atoms with Gasteiger partial charge in [-0.15, -0.1) is 0 Å². The summed E-state index contributed by atoms with van der Waals surface area (Å²) < 4.78 is 1.32. The molecule has 1 fully saturated rings. The minimum absolute atomic E-state index is 0.106. The molecule has 1 aliphatic rings. The summed E-state index contributed by atoms with van der Waals surface area (Å²) >= 11 is 0. The molecule has 166 valence electrons. The minimum Gasteiger partial charge on any atom is -0.368 e. The Balaban J connectivity index is 1.53. The van der Waals surface area contributed by atoms with Crippen molar-refractivity contribution in [2.75, 3.05) is 36.4 Å². The van der Waals surface area contributed by atoms with Crippen LogP contribution in [0, 0.1) is 5.92 Å². The average Bonchev–Trinajstić information content (AvgIpc) is 2.80. The molecule has 1 saturated heterocycles. The quantitative estimate of drug-likeness (QED) is 0.669. The Labute approximate surface area is 186 Å². The zero-order chi connectivity index (χ0) is 22.7. The largest absolute Gasteiger partial charge is 0.368 e. The van der Waals surface area contributed by atoms with Crippen LogP contribution < -0.4 is 15.8 Å². The van der Waals surface area contributed by atoms with E-state index in [0.717, 1.165) is 18.8 Å². The number of rotatable bonds is 5. The molecule has 2 amide bonds. The number of para-hydroxylation sites is 1. The number of hydrogen-bond acceptors (Lipinski definition) is 5. The highest BCUT2D eigenvalue weighted by atomic mass is 16.2. The van der Waals surface area contributed by atoms with Gasteiger partial charge in [-0.05, 0) is 30.2 Å².